The van der Waals surface area contributed by atoms with Crippen molar-refractivity contribution in [2.24, 2.45) is 0 Å². The van der Waals surface area contributed by atoms with Crippen molar-refractivity contribution in [1.82, 2.24) is 8.01 Å². The quantitative estimate of drug-likeness (QED) is 0.391. The van der Waals surface area contributed by atoms with E-state index in [4.69, 9.17) is 0 Å². The fourth-order valence-electron chi connectivity index (χ4n) is 2.11. The number of alkyl halides is 1. The van der Waals surface area contributed by atoms with Gasteiger partial charge in [0.15, 0.2) is 0 Å². The first-order valence-electron chi connectivity index (χ1n) is 5.99. The molecular weight excluding hydrogens is 330 g/mol. The minimum atomic E-state index is -0.147. The molecule has 0 amide bonds. The Kier molecular flexibility index (Phi) is 5.18. The molecule has 0 atom stereocenters. The van der Waals surface area contributed by atoms with Crippen molar-refractivity contribution in [2.45, 2.75) is 13.0 Å². The molecule has 1 aliphatic heterocycles. The Morgan fingerprint density at radius 3 is 2.59 bits per heavy atom. The maximum atomic E-state index is 12.8. The number of rotatable bonds is 3. The van der Waals surface area contributed by atoms with Gasteiger partial charge in [0.25, 0.3) is 0 Å². The second-order valence-electron chi connectivity index (χ2n) is 4.34. The molecule has 0 spiro atoms. The normalized spacial score (nSPS) is 19.4. The van der Waals surface area contributed by atoms with Crippen LogP contribution in [-0.2, 0) is 6.54 Å². The van der Waals surface area contributed by atoms with Crippen LogP contribution in [0.2, 0.25) is 0 Å². The third-order valence-corrected chi connectivity index (χ3v) is 5.42. The van der Waals surface area contributed by atoms with Gasteiger partial charge >= 0.3 is 114 Å². The number of halogens is 2. The van der Waals surface area contributed by atoms with Crippen LogP contribution in [0.3, 0.4) is 0 Å². The van der Waals surface area contributed by atoms with Crippen LogP contribution in [0, 0.1) is 5.82 Å². The van der Waals surface area contributed by atoms with Gasteiger partial charge in [-0.25, -0.2) is 0 Å². The molecule has 0 unspecified atom stereocenters. The average molecular weight is 349 g/mol. The minimum absolute atomic E-state index is 0.147. The van der Waals surface area contributed by atoms with Crippen LogP contribution in [0.15, 0.2) is 24.3 Å². The van der Waals surface area contributed by atoms with Gasteiger partial charge in [0, 0.05) is 0 Å². The van der Waals surface area contributed by atoms with Crippen LogP contribution in [-0.4, -0.2) is 39.1 Å². The van der Waals surface area contributed by atoms with Crippen LogP contribution in [0.1, 0.15) is 12.0 Å². The van der Waals surface area contributed by atoms with Crippen molar-refractivity contribution >= 4 is 0 Å². The zero-order chi connectivity index (χ0) is 12.1. The molecule has 0 aromatic heterocycles. The van der Waals surface area contributed by atoms with E-state index in [2.05, 4.69) is 12.9 Å². The fourth-order valence-corrected chi connectivity index (χ4v) is 3.64. The molecule has 1 aromatic rings. The molecule has 1 aromatic carbocycles. The Balaban J connectivity index is 1.88. The molecule has 1 heterocycles. The second kappa shape index (κ2) is 6.66. The Bertz CT molecular complexity index is 342. The number of hydrogen-bond acceptors (Lipinski definition) is 2. The Morgan fingerprint density at radius 2 is 1.88 bits per heavy atom. The molecule has 4 heteroatoms. The van der Waals surface area contributed by atoms with E-state index in [0.717, 1.165) is 19.6 Å². The zero-order valence-electron chi connectivity index (χ0n) is 10.2. The summed E-state index contributed by atoms with van der Waals surface area (Å²) in [5.74, 6) is -0.147. The number of hydrogen-bond donors (Lipinski definition) is 0. The summed E-state index contributed by atoms with van der Waals surface area (Å²) >= 11 is 0.241. The van der Waals surface area contributed by atoms with Crippen LogP contribution in [0.25, 0.3) is 0 Å². The molecular formula is C13H19FIN2-. The summed E-state index contributed by atoms with van der Waals surface area (Å²) in [6.07, 6.45) is 1.26. The molecule has 2 rings (SSSR count). The monoisotopic (exact) mass is 349 g/mol. The van der Waals surface area contributed by atoms with E-state index in [1.165, 1.54) is 25.1 Å². The molecule has 1 saturated heterocycles. The van der Waals surface area contributed by atoms with Gasteiger partial charge in [-0.15, -0.1) is 0 Å². The number of benzene rings is 1. The summed E-state index contributed by atoms with van der Waals surface area (Å²) in [7, 11) is 0. The van der Waals surface area contributed by atoms with Crippen LogP contribution >= 0.6 is 0 Å². The van der Waals surface area contributed by atoms with Gasteiger partial charge in [0.05, 0.1) is 0 Å². The molecule has 0 saturated carbocycles. The molecule has 0 radical (unpaired) electrons. The van der Waals surface area contributed by atoms with Crippen LogP contribution < -0.4 is 21.5 Å². The molecule has 1 fully saturated rings. The molecule has 0 bridgehead atoms. The van der Waals surface area contributed by atoms with E-state index < -0.39 is 0 Å². The van der Waals surface area contributed by atoms with E-state index in [-0.39, 0.29) is 27.3 Å². The predicted molar refractivity (Wildman–Crippen MR) is 63.8 cm³/mol. The van der Waals surface area contributed by atoms with Crippen molar-refractivity contribution in [3.8, 4) is 0 Å². The summed E-state index contributed by atoms with van der Waals surface area (Å²) in [6.45, 7) is 5.72. The standard InChI is InChI=1S/C13H19FIN2/c1-15-17-8-2-7-16(9-10-17)11-12-3-5-13(14)6-4-12/h3-6H,2,7-11H2,1H3/q-1. The molecule has 1 aliphatic rings. The zero-order valence-corrected chi connectivity index (χ0v) is 12.4. The van der Waals surface area contributed by atoms with Crippen molar-refractivity contribution in [1.29, 1.82) is 0 Å². The number of nitrogens with zero attached hydrogens (tertiary/aromatic N) is 2. The van der Waals surface area contributed by atoms with Gasteiger partial charge in [0.2, 0.25) is 0 Å². The van der Waals surface area contributed by atoms with Crippen LogP contribution in [0.5, 0.6) is 0 Å². The van der Waals surface area contributed by atoms with Gasteiger partial charge in [-0.2, -0.15) is 0 Å². The third kappa shape index (κ3) is 4.19. The molecule has 17 heavy (non-hydrogen) atoms. The van der Waals surface area contributed by atoms with Gasteiger partial charge in [-0.05, 0) is 0 Å². The summed E-state index contributed by atoms with van der Waals surface area (Å²) in [5.41, 5.74) is 1.21. The Labute approximate surface area is 113 Å². The Hall–Kier alpha value is -0.200. The molecule has 2 nitrogen and oxygen atoms in total. The maximum absolute atomic E-state index is 12.8. The molecule has 96 valence electrons. The van der Waals surface area contributed by atoms with E-state index in [9.17, 15) is 4.39 Å². The predicted octanol–water partition coefficient (Wildman–Crippen LogP) is -1.03. The summed E-state index contributed by atoms with van der Waals surface area (Å²) in [5, 5.41) is 0. The van der Waals surface area contributed by atoms with Crippen LogP contribution in [0.4, 0.5) is 4.39 Å². The topological polar surface area (TPSA) is 6.48 Å². The van der Waals surface area contributed by atoms with Crippen molar-refractivity contribution in [3.05, 3.63) is 35.6 Å². The van der Waals surface area contributed by atoms with Crippen molar-refractivity contribution in [3.63, 3.8) is 0 Å². The SMILES string of the molecule is C[I-]N1CCCN(Cc2ccc(F)cc2)CC1. The van der Waals surface area contributed by atoms with E-state index in [1.54, 1.807) is 12.1 Å². The van der Waals surface area contributed by atoms with E-state index in [0.29, 0.717) is 0 Å². The Morgan fingerprint density at radius 1 is 1.12 bits per heavy atom. The van der Waals surface area contributed by atoms with Gasteiger partial charge in [-0.1, -0.05) is 0 Å². The summed E-state index contributed by atoms with van der Waals surface area (Å²) < 4.78 is 15.4. The van der Waals surface area contributed by atoms with Gasteiger partial charge < -0.3 is 0 Å². The first kappa shape index (κ1) is 13.2. The summed E-state index contributed by atoms with van der Waals surface area (Å²) in [6, 6.07) is 6.89. The van der Waals surface area contributed by atoms with Gasteiger partial charge in [-0.3, -0.25) is 0 Å². The first-order chi connectivity index (χ1) is 8.28. The second-order valence-corrected chi connectivity index (χ2v) is 6.66. The van der Waals surface area contributed by atoms with Crippen molar-refractivity contribution < 1.29 is 25.9 Å². The van der Waals surface area contributed by atoms with Gasteiger partial charge in [0.1, 0.15) is 0 Å². The van der Waals surface area contributed by atoms with Crippen molar-refractivity contribution in [2.75, 3.05) is 31.1 Å². The summed E-state index contributed by atoms with van der Waals surface area (Å²) in [4.78, 5) is 4.81. The van der Waals surface area contributed by atoms with E-state index in [1.807, 2.05) is 12.1 Å². The molecule has 0 aliphatic carbocycles. The third-order valence-electron chi connectivity index (χ3n) is 3.09. The first-order valence-corrected chi connectivity index (χ1v) is 9.11. The fraction of sp³-hybridized carbons (Fsp3) is 0.538. The van der Waals surface area contributed by atoms with E-state index >= 15 is 0 Å². The molecule has 0 N–H and O–H groups in total. The average Bonchev–Trinajstić information content (AvgIpc) is 2.57.